The third-order valence-electron chi connectivity index (χ3n) is 3.98. The maximum atomic E-state index is 12.6. The first kappa shape index (κ1) is 17.9. The molecular weight excluding hydrogens is 434 g/mol. The zero-order valence-corrected chi connectivity index (χ0v) is 15.7. The second-order valence-electron chi connectivity index (χ2n) is 5.73. The lowest BCUT2D eigenvalue weighted by Gasteiger charge is -2.20. The molecule has 0 saturated heterocycles. The van der Waals surface area contributed by atoms with Gasteiger partial charge in [-0.2, -0.15) is 5.10 Å². The predicted molar refractivity (Wildman–Crippen MR) is 101 cm³/mol. The molecule has 142 valence electrons. The minimum Gasteiger partial charge on any atom is -0.486 e. The van der Waals surface area contributed by atoms with Gasteiger partial charge in [0.2, 0.25) is 0 Å². The van der Waals surface area contributed by atoms with E-state index in [1.165, 1.54) is 35.5 Å². The molecule has 1 aliphatic rings. The lowest BCUT2D eigenvalue weighted by molar-refractivity contribution is -0.384. The highest BCUT2D eigenvalue weighted by molar-refractivity contribution is 9.10. The van der Waals surface area contributed by atoms with E-state index in [0.29, 0.717) is 34.9 Å². The Kier molecular flexibility index (Phi) is 4.65. The lowest BCUT2D eigenvalue weighted by atomic mass is 10.1. The second kappa shape index (κ2) is 7.27. The number of aromatic nitrogens is 3. The highest BCUT2D eigenvalue weighted by atomic mass is 79.9. The summed E-state index contributed by atoms with van der Waals surface area (Å²) in [7, 11) is 0. The number of nitrogens with zero attached hydrogens (tertiary/aromatic N) is 4. The molecule has 1 aromatic heterocycles. The van der Waals surface area contributed by atoms with Crippen LogP contribution >= 0.6 is 15.9 Å². The average Bonchev–Trinajstić information content (AvgIpc) is 3.22. The number of ether oxygens (including phenoxy) is 2. The van der Waals surface area contributed by atoms with Crippen LogP contribution in [0.3, 0.4) is 0 Å². The molecule has 11 heteroatoms. The first-order valence-electron chi connectivity index (χ1n) is 8.07. The summed E-state index contributed by atoms with van der Waals surface area (Å²) in [6, 6.07) is 7.44. The molecule has 10 nitrogen and oxygen atoms in total. The number of hydrogen-bond donors (Lipinski definition) is 1. The summed E-state index contributed by atoms with van der Waals surface area (Å²) < 4.78 is 12.9. The molecule has 28 heavy (non-hydrogen) atoms. The van der Waals surface area contributed by atoms with Gasteiger partial charge in [-0.05, 0) is 28.1 Å². The number of nitro groups is 1. The van der Waals surface area contributed by atoms with Gasteiger partial charge in [-0.1, -0.05) is 0 Å². The Bertz CT molecular complexity index is 1070. The number of nitrogens with one attached hydrogen (secondary N) is 1. The number of carbonyl (C=O) groups is 1. The number of rotatable bonds is 4. The fourth-order valence-corrected chi connectivity index (χ4v) is 3.11. The monoisotopic (exact) mass is 445 g/mol. The van der Waals surface area contributed by atoms with E-state index in [-0.39, 0.29) is 16.9 Å². The van der Waals surface area contributed by atoms with Crippen molar-refractivity contribution >= 4 is 33.2 Å². The molecule has 4 rings (SSSR count). The van der Waals surface area contributed by atoms with Crippen LogP contribution in [0.5, 0.6) is 11.5 Å². The number of amides is 1. The Hall–Kier alpha value is -3.47. The third-order valence-corrected chi connectivity index (χ3v) is 4.64. The van der Waals surface area contributed by atoms with Crippen LogP contribution in [-0.4, -0.2) is 38.8 Å². The topological polar surface area (TPSA) is 121 Å². The molecule has 0 bridgehead atoms. The molecule has 1 aliphatic heterocycles. The molecule has 1 N–H and O–H groups in total. The molecule has 2 heterocycles. The van der Waals surface area contributed by atoms with E-state index in [0.717, 1.165) is 0 Å². The van der Waals surface area contributed by atoms with Crippen LogP contribution in [0.2, 0.25) is 0 Å². The second-order valence-corrected chi connectivity index (χ2v) is 6.58. The van der Waals surface area contributed by atoms with Crippen LogP contribution < -0.4 is 14.8 Å². The van der Waals surface area contributed by atoms with Crippen molar-refractivity contribution in [1.82, 2.24) is 14.8 Å². The zero-order chi connectivity index (χ0) is 19.7. The van der Waals surface area contributed by atoms with Crippen molar-refractivity contribution < 1.29 is 19.2 Å². The molecule has 0 saturated carbocycles. The SMILES string of the molecule is O=C(Nc1cc2c(cc1Br)OCCO2)c1ccc(-n2cncn2)c([N+](=O)[O-])c1. The molecule has 0 spiro atoms. The minimum absolute atomic E-state index is 0.123. The highest BCUT2D eigenvalue weighted by Gasteiger charge is 2.21. The summed E-state index contributed by atoms with van der Waals surface area (Å²) in [5.41, 5.74) is 0.522. The van der Waals surface area contributed by atoms with Gasteiger partial charge in [-0.15, -0.1) is 0 Å². The number of hydrogen-bond acceptors (Lipinski definition) is 7. The summed E-state index contributed by atoms with van der Waals surface area (Å²) >= 11 is 3.37. The molecule has 0 fully saturated rings. The van der Waals surface area contributed by atoms with E-state index in [9.17, 15) is 14.9 Å². The summed E-state index contributed by atoms with van der Waals surface area (Å²) in [4.78, 5) is 27.3. The van der Waals surface area contributed by atoms with Crippen LogP contribution in [0, 0.1) is 10.1 Å². The number of benzene rings is 2. The molecule has 3 aromatic rings. The van der Waals surface area contributed by atoms with Crippen molar-refractivity contribution in [3.63, 3.8) is 0 Å². The largest absolute Gasteiger partial charge is 0.486 e. The number of fused-ring (bicyclic) bond motifs is 1. The fraction of sp³-hybridized carbons (Fsp3) is 0.118. The van der Waals surface area contributed by atoms with E-state index in [4.69, 9.17) is 9.47 Å². The van der Waals surface area contributed by atoms with Crippen molar-refractivity contribution in [2.45, 2.75) is 0 Å². The Labute approximate surface area is 166 Å². The predicted octanol–water partition coefficient (Wildman–Crippen LogP) is 2.96. The van der Waals surface area contributed by atoms with E-state index in [2.05, 4.69) is 31.3 Å². The first-order chi connectivity index (χ1) is 13.5. The summed E-state index contributed by atoms with van der Waals surface area (Å²) in [6.45, 7) is 0.866. The van der Waals surface area contributed by atoms with E-state index in [1.54, 1.807) is 12.1 Å². The smallest absolute Gasteiger partial charge is 0.295 e. The molecule has 0 aliphatic carbocycles. The van der Waals surface area contributed by atoms with Crippen molar-refractivity contribution in [3.05, 3.63) is 63.1 Å². The van der Waals surface area contributed by atoms with E-state index < -0.39 is 10.8 Å². The lowest BCUT2D eigenvalue weighted by Crippen LogP contribution is -2.17. The molecule has 2 aromatic carbocycles. The normalized spacial score (nSPS) is 12.5. The Morgan fingerprint density at radius 3 is 2.64 bits per heavy atom. The summed E-state index contributed by atoms with van der Waals surface area (Å²) in [5.74, 6) is 0.576. The Morgan fingerprint density at radius 2 is 1.96 bits per heavy atom. The number of halogens is 1. The van der Waals surface area contributed by atoms with Gasteiger partial charge in [-0.25, -0.2) is 9.67 Å². The van der Waals surface area contributed by atoms with Crippen LogP contribution in [0.1, 0.15) is 10.4 Å². The summed E-state index contributed by atoms with van der Waals surface area (Å²) in [6.07, 6.45) is 2.61. The van der Waals surface area contributed by atoms with Crippen molar-refractivity contribution in [2.24, 2.45) is 0 Å². The van der Waals surface area contributed by atoms with Crippen LogP contribution in [0.15, 0.2) is 47.5 Å². The molecule has 0 radical (unpaired) electrons. The van der Waals surface area contributed by atoms with Crippen LogP contribution in [0.4, 0.5) is 11.4 Å². The molecule has 0 atom stereocenters. The van der Waals surface area contributed by atoms with Gasteiger partial charge in [0.05, 0.1) is 10.6 Å². The van der Waals surface area contributed by atoms with Crippen LogP contribution in [0.25, 0.3) is 5.69 Å². The fourth-order valence-electron chi connectivity index (χ4n) is 2.69. The number of carbonyl (C=O) groups excluding carboxylic acids is 1. The van der Waals surface area contributed by atoms with Crippen molar-refractivity contribution in [3.8, 4) is 17.2 Å². The van der Waals surface area contributed by atoms with Gasteiger partial charge in [0.15, 0.2) is 11.5 Å². The van der Waals surface area contributed by atoms with Gasteiger partial charge in [0.1, 0.15) is 31.6 Å². The number of anilines is 1. The van der Waals surface area contributed by atoms with Gasteiger partial charge >= 0.3 is 0 Å². The highest BCUT2D eigenvalue weighted by Crippen LogP contribution is 2.38. The quantitative estimate of drug-likeness (QED) is 0.483. The van der Waals surface area contributed by atoms with Crippen molar-refractivity contribution in [2.75, 3.05) is 18.5 Å². The zero-order valence-electron chi connectivity index (χ0n) is 14.2. The molecule has 0 unspecified atom stereocenters. The molecular formula is C17H12BrN5O5. The maximum Gasteiger partial charge on any atom is 0.295 e. The summed E-state index contributed by atoms with van der Waals surface area (Å²) in [5, 5.41) is 18.1. The Morgan fingerprint density at radius 1 is 1.21 bits per heavy atom. The Balaban J connectivity index is 1.64. The maximum absolute atomic E-state index is 12.6. The minimum atomic E-state index is -0.576. The standard InChI is InChI=1S/C17H12BrN5O5/c18-11-6-15-16(28-4-3-27-15)7-12(11)21-17(24)10-1-2-13(14(5-10)23(25)26)22-9-19-8-20-22/h1-2,5-9H,3-4H2,(H,21,24). The van der Waals surface area contributed by atoms with Gasteiger partial charge in [0, 0.05) is 28.2 Å². The van der Waals surface area contributed by atoms with E-state index in [1.807, 2.05) is 0 Å². The van der Waals surface area contributed by atoms with Gasteiger partial charge in [0.25, 0.3) is 11.6 Å². The molecule has 1 amide bonds. The first-order valence-corrected chi connectivity index (χ1v) is 8.86. The van der Waals surface area contributed by atoms with Crippen molar-refractivity contribution in [1.29, 1.82) is 0 Å². The third kappa shape index (κ3) is 3.39. The van der Waals surface area contributed by atoms with E-state index >= 15 is 0 Å². The van der Waals surface area contributed by atoms with Gasteiger partial charge < -0.3 is 14.8 Å². The average molecular weight is 446 g/mol. The van der Waals surface area contributed by atoms with Gasteiger partial charge in [-0.3, -0.25) is 14.9 Å². The van der Waals surface area contributed by atoms with Crippen LogP contribution in [-0.2, 0) is 0 Å². The number of nitro benzene ring substituents is 1.